The van der Waals surface area contributed by atoms with Gasteiger partial charge in [-0.25, -0.2) is 14.1 Å². The molecular weight excluding hydrogens is 346 g/mol. The summed E-state index contributed by atoms with van der Waals surface area (Å²) in [6.07, 6.45) is 2.16. The van der Waals surface area contributed by atoms with Gasteiger partial charge in [0, 0.05) is 23.9 Å². The van der Waals surface area contributed by atoms with E-state index >= 15 is 0 Å². The molecule has 0 aliphatic carbocycles. The fourth-order valence-electron chi connectivity index (χ4n) is 4.12. The van der Waals surface area contributed by atoms with Crippen LogP contribution in [-0.4, -0.2) is 44.9 Å². The largest absolute Gasteiger partial charge is 0.478 e. The van der Waals surface area contributed by atoms with Gasteiger partial charge in [0.05, 0.1) is 16.8 Å². The van der Waals surface area contributed by atoms with Gasteiger partial charge in [0.15, 0.2) is 5.82 Å². The molecule has 1 aliphatic heterocycles. The molecule has 1 aliphatic rings. The third-order valence-corrected chi connectivity index (χ3v) is 5.62. The van der Waals surface area contributed by atoms with Crippen molar-refractivity contribution in [2.75, 3.05) is 18.0 Å². The fourth-order valence-corrected chi connectivity index (χ4v) is 4.12. The third kappa shape index (κ3) is 2.38. The van der Waals surface area contributed by atoms with Crippen molar-refractivity contribution in [2.24, 2.45) is 0 Å². The van der Waals surface area contributed by atoms with E-state index in [1.54, 1.807) is 6.92 Å². The number of benzene rings is 1. The lowest BCUT2D eigenvalue weighted by atomic mass is 9.99. The summed E-state index contributed by atoms with van der Waals surface area (Å²) in [7, 11) is 0. The number of hydrogen-bond acceptors (Lipinski definition) is 4. The van der Waals surface area contributed by atoms with Crippen LogP contribution in [0.2, 0.25) is 0 Å². The van der Waals surface area contributed by atoms with Crippen molar-refractivity contribution in [2.45, 2.75) is 33.6 Å². The smallest absolute Gasteiger partial charge is 0.338 e. The van der Waals surface area contributed by atoms with Gasteiger partial charge in [-0.05, 0) is 44.7 Å². The summed E-state index contributed by atoms with van der Waals surface area (Å²) in [5.41, 5.74) is 2.40. The molecule has 140 valence electrons. The molecule has 0 atom stereocenters. The van der Waals surface area contributed by atoms with Gasteiger partial charge in [0.2, 0.25) is 0 Å². The predicted octanol–water partition coefficient (Wildman–Crippen LogP) is 3.41. The van der Waals surface area contributed by atoms with Crippen LogP contribution in [0.1, 0.15) is 50.4 Å². The van der Waals surface area contributed by atoms with E-state index in [-0.39, 0.29) is 11.1 Å². The Labute approximate surface area is 155 Å². The van der Waals surface area contributed by atoms with Crippen LogP contribution in [0.15, 0.2) is 12.1 Å². The normalized spacial score (nSPS) is 14.4. The third-order valence-electron chi connectivity index (χ3n) is 5.62. The minimum absolute atomic E-state index is 0.200. The number of carbonyl (C=O) groups is 2. The molecule has 2 aromatic heterocycles. The van der Waals surface area contributed by atoms with E-state index in [1.165, 1.54) is 4.52 Å². The van der Waals surface area contributed by atoms with Crippen LogP contribution in [0.25, 0.3) is 16.3 Å². The van der Waals surface area contributed by atoms with Crippen LogP contribution in [0.5, 0.6) is 0 Å². The molecule has 0 bridgehead atoms. The zero-order chi connectivity index (χ0) is 19.5. The Balaban J connectivity index is 2.26. The fraction of sp³-hybridized carbons (Fsp3) is 0.350. The highest BCUT2D eigenvalue weighted by Gasteiger charge is 2.30. The molecule has 1 saturated heterocycles. The molecule has 7 heteroatoms. The maximum atomic E-state index is 12.0. The average molecular weight is 367 g/mol. The number of fused-ring (bicyclic) bond motifs is 3. The van der Waals surface area contributed by atoms with Crippen molar-refractivity contribution in [3.05, 3.63) is 40.1 Å². The van der Waals surface area contributed by atoms with E-state index < -0.39 is 11.9 Å². The number of rotatable bonds is 3. The number of aromatic carboxylic acids is 2. The second-order valence-corrected chi connectivity index (χ2v) is 7.15. The number of anilines is 1. The first-order chi connectivity index (χ1) is 12.8. The Bertz CT molecular complexity index is 1120. The molecule has 27 heavy (non-hydrogen) atoms. The molecule has 2 N–H and O–H groups in total. The molecule has 0 spiro atoms. The van der Waals surface area contributed by atoms with E-state index in [4.69, 9.17) is 5.10 Å². The van der Waals surface area contributed by atoms with Gasteiger partial charge in [-0.2, -0.15) is 0 Å². The highest BCUT2D eigenvalue weighted by atomic mass is 16.4. The Hall–Kier alpha value is -3.09. The summed E-state index contributed by atoms with van der Waals surface area (Å²) in [6, 6.07) is 3.82. The number of carboxylic acid groups (broad SMARTS) is 2. The van der Waals surface area contributed by atoms with E-state index in [0.29, 0.717) is 11.2 Å². The molecule has 7 nitrogen and oxygen atoms in total. The standard InChI is InChI=1S/C20H21N3O4/c1-10-6-7-13-14(11(10)2)18(22-8-4-5-9-22)21-23-12(3)15(19(24)25)16(17(13)23)20(26)27/h6-7H,4-5,8-9H2,1-3H3,(H,24,25)(H,26,27). The van der Waals surface area contributed by atoms with E-state index in [9.17, 15) is 19.8 Å². The van der Waals surface area contributed by atoms with Crippen molar-refractivity contribution < 1.29 is 19.8 Å². The SMILES string of the molecule is Cc1ccc2c(c(N3CCCC3)nn3c(C)c(C(=O)O)c(C(=O)O)c23)c1C. The van der Waals surface area contributed by atoms with Crippen LogP contribution >= 0.6 is 0 Å². The summed E-state index contributed by atoms with van der Waals surface area (Å²) in [4.78, 5) is 26.0. The van der Waals surface area contributed by atoms with Gasteiger partial charge in [0.1, 0.15) is 5.56 Å². The van der Waals surface area contributed by atoms with Gasteiger partial charge in [-0.1, -0.05) is 12.1 Å². The molecule has 3 aromatic rings. The van der Waals surface area contributed by atoms with Crippen LogP contribution in [0.3, 0.4) is 0 Å². The molecular formula is C20H21N3O4. The lowest BCUT2D eigenvalue weighted by Crippen LogP contribution is -2.21. The van der Waals surface area contributed by atoms with Crippen LogP contribution < -0.4 is 4.90 Å². The van der Waals surface area contributed by atoms with Gasteiger partial charge < -0.3 is 15.1 Å². The summed E-state index contributed by atoms with van der Waals surface area (Å²) in [6.45, 7) is 7.40. The van der Waals surface area contributed by atoms with Crippen molar-refractivity contribution in [3.8, 4) is 0 Å². The number of aromatic nitrogens is 2. The first-order valence-corrected chi connectivity index (χ1v) is 8.99. The molecule has 0 saturated carbocycles. The van der Waals surface area contributed by atoms with Crippen molar-refractivity contribution in [1.82, 2.24) is 9.61 Å². The second-order valence-electron chi connectivity index (χ2n) is 7.15. The average Bonchev–Trinajstić information content (AvgIpc) is 3.24. The zero-order valence-corrected chi connectivity index (χ0v) is 15.5. The van der Waals surface area contributed by atoms with Gasteiger partial charge in [-0.3, -0.25) is 0 Å². The summed E-state index contributed by atoms with van der Waals surface area (Å²) in [5, 5.41) is 25.8. The highest BCUT2D eigenvalue weighted by Crippen LogP contribution is 2.37. The van der Waals surface area contributed by atoms with E-state index in [2.05, 4.69) is 4.90 Å². The molecule has 0 unspecified atom stereocenters. The first kappa shape index (κ1) is 17.3. The molecule has 1 aromatic carbocycles. The minimum atomic E-state index is -1.26. The minimum Gasteiger partial charge on any atom is -0.478 e. The van der Waals surface area contributed by atoms with E-state index in [1.807, 2.05) is 26.0 Å². The Kier molecular flexibility index (Phi) is 3.83. The summed E-state index contributed by atoms with van der Waals surface area (Å²) < 4.78 is 1.50. The van der Waals surface area contributed by atoms with Gasteiger partial charge >= 0.3 is 11.9 Å². The zero-order valence-electron chi connectivity index (χ0n) is 15.5. The van der Waals surface area contributed by atoms with Crippen LogP contribution in [-0.2, 0) is 0 Å². The molecule has 0 amide bonds. The predicted molar refractivity (Wildman–Crippen MR) is 102 cm³/mol. The Morgan fingerprint density at radius 3 is 2.22 bits per heavy atom. The Morgan fingerprint density at radius 1 is 1.00 bits per heavy atom. The Morgan fingerprint density at radius 2 is 1.63 bits per heavy atom. The molecule has 0 radical (unpaired) electrons. The van der Waals surface area contributed by atoms with Crippen molar-refractivity contribution >= 4 is 34.0 Å². The second kappa shape index (κ2) is 5.97. The molecule has 4 rings (SSSR count). The highest BCUT2D eigenvalue weighted by molar-refractivity contribution is 6.16. The summed E-state index contributed by atoms with van der Waals surface area (Å²) in [5.74, 6) is -1.72. The van der Waals surface area contributed by atoms with Gasteiger partial charge in [-0.15, -0.1) is 5.10 Å². The van der Waals surface area contributed by atoms with Crippen molar-refractivity contribution in [3.63, 3.8) is 0 Å². The number of aryl methyl sites for hydroxylation is 3. The molecule has 1 fully saturated rings. The van der Waals surface area contributed by atoms with Gasteiger partial charge in [0.25, 0.3) is 0 Å². The van der Waals surface area contributed by atoms with Crippen LogP contribution in [0.4, 0.5) is 5.82 Å². The first-order valence-electron chi connectivity index (χ1n) is 8.99. The van der Waals surface area contributed by atoms with Crippen molar-refractivity contribution in [1.29, 1.82) is 0 Å². The monoisotopic (exact) mass is 367 g/mol. The number of carboxylic acids is 2. The lowest BCUT2D eigenvalue weighted by molar-refractivity contribution is 0.0653. The van der Waals surface area contributed by atoms with E-state index in [0.717, 1.165) is 53.6 Å². The maximum Gasteiger partial charge on any atom is 0.338 e. The quantitative estimate of drug-likeness (QED) is 0.737. The summed E-state index contributed by atoms with van der Waals surface area (Å²) >= 11 is 0. The number of hydrogen-bond donors (Lipinski definition) is 2. The topological polar surface area (TPSA) is 95.1 Å². The maximum absolute atomic E-state index is 12.0. The molecule has 3 heterocycles. The number of nitrogens with zero attached hydrogens (tertiary/aromatic N) is 3. The van der Waals surface area contributed by atoms with Crippen LogP contribution in [0, 0.1) is 20.8 Å². The lowest BCUT2D eigenvalue weighted by Gasteiger charge is -2.21.